The molecule has 0 spiro atoms. The number of halogens is 1. The number of rotatable bonds is 2. The van der Waals surface area contributed by atoms with E-state index in [9.17, 15) is 9.18 Å². The fourth-order valence-corrected chi connectivity index (χ4v) is 6.23. The topological polar surface area (TPSA) is 49.3 Å². The molecule has 2 aromatic heterocycles. The monoisotopic (exact) mass is 452 g/mol. The Morgan fingerprint density at radius 3 is 2.50 bits per heavy atom. The molecule has 0 radical (unpaired) electrons. The molecule has 0 unspecified atom stereocenters. The van der Waals surface area contributed by atoms with E-state index in [1.165, 1.54) is 34.4 Å². The number of aromatic nitrogens is 2. The zero-order valence-corrected chi connectivity index (χ0v) is 19.7. The molecule has 0 saturated carbocycles. The normalized spacial score (nSPS) is 19.3. The Balaban J connectivity index is 1.36. The van der Waals surface area contributed by atoms with Crippen LogP contribution in [0.5, 0.6) is 0 Å². The van der Waals surface area contributed by atoms with E-state index in [4.69, 9.17) is 4.98 Å². The predicted octanol–water partition coefficient (Wildman–Crippen LogP) is 4.94. The van der Waals surface area contributed by atoms with E-state index in [2.05, 4.69) is 30.7 Å². The van der Waals surface area contributed by atoms with Gasteiger partial charge < -0.3 is 9.80 Å². The van der Waals surface area contributed by atoms with Gasteiger partial charge in [-0.3, -0.25) is 4.79 Å². The van der Waals surface area contributed by atoms with Crippen LogP contribution in [-0.2, 0) is 12.8 Å². The van der Waals surface area contributed by atoms with Crippen molar-refractivity contribution in [2.24, 2.45) is 11.3 Å². The molecule has 2 aliphatic rings. The summed E-state index contributed by atoms with van der Waals surface area (Å²) >= 11 is 1.83. The summed E-state index contributed by atoms with van der Waals surface area (Å²) < 4.78 is 13.2. The van der Waals surface area contributed by atoms with Crippen LogP contribution in [0.15, 0.2) is 30.6 Å². The van der Waals surface area contributed by atoms with Gasteiger partial charge in [0.1, 0.15) is 22.8 Å². The lowest BCUT2D eigenvalue weighted by atomic mass is 9.72. The highest BCUT2D eigenvalue weighted by molar-refractivity contribution is 7.19. The van der Waals surface area contributed by atoms with Gasteiger partial charge in [0.25, 0.3) is 5.91 Å². The number of nitrogens with zero attached hydrogens (tertiary/aromatic N) is 4. The van der Waals surface area contributed by atoms with Crippen LogP contribution < -0.4 is 4.90 Å². The van der Waals surface area contributed by atoms with E-state index in [-0.39, 0.29) is 11.7 Å². The molecule has 1 atom stereocenters. The molecule has 0 bridgehead atoms. The third kappa shape index (κ3) is 3.87. The zero-order valence-electron chi connectivity index (χ0n) is 18.9. The molecule has 5 nitrogen and oxygen atoms in total. The molecule has 7 heteroatoms. The van der Waals surface area contributed by atoms with E-state index >= 15 is 0 Å². The van der Waals surface area contributed by atoms with Crippen LogP contribution in [0.4, 0.5) is 10.2 Å². The fraction of sp³-hybridized carbons (Fsp3) is 0.480. The van der Waals surface area contributed by atoms with Crippen molar-refractivity contribution in [3.63, 3.8) is 0 Å². The lowest BCUT2D eigenvalue weighted by Gasteiger charge is -2.36. The first-order valence-electron chi connectivity index (χ1n) is 11.4. The summed E-state index contributed by atoms with van der Waals surface area (Å²) in [5.74, 6) is 1.33. The summed E-state index contributed by atoms with van der Waals surface area (Å²) in [4.78, 5) is 28.8. The maximum atomic E-state index is 13.2. The van der Waals surface area contributed by atoms with Crippen LogP contribution in [0.2, 0.25) is 0 Å². The molecule has 0 N–H and O–H groups in total. The lowest BCUT2D eigenvalue weighted by molar-refractivity contribution is 0.0746. The Labute approximate surface area is 192 Å². The maximum absolute atomic E-state index is 13.2. The average Bonchev–Trinajstić information content (AvgIpc) is 3.17. The first-order chi connectivity index (χ1) is 15.3. The predicted molar refractivity (Wildman–Crippen MR) is 127 cm³/mol. The van der Waals surface area contributed by atoms with E-state index in [1.54, 1.807) is 18.5 Å². The average molecular weight is 453 g/mol. The highest BCUT2D eigenvalue weighted by atomic mass is 32.1. The first kappa shape index (κ1) is 21.3. The number of carbonyl (C=O) groups is 1. The van der Waals surface area contributed by atoms with E-state index in [0.717, 1.165) is 36.6 Å². The van der Waals surface area contributed by atoms with E-state index in [1.807, 2.05) is 16.2 Å². The summed E-state index contributed by atoms with van der Waals surface area (Å²) in [5.41, 5.74) is 2.28. The number of thiophene rings is 1. The number of fused-ring (bicyclic) bond motifs is 3. The standard InChI is InChI=1S/C25H29FN4OS/c1-25(2,3)17-6-9-19-20(14-17)32-23-21(19)22(27-15-28-23)29-10-12-30(13-11-29)24(31)16-4-7-18(26)8-5-16/h4-5,7-8,15,17H,6,9-14H2,1-3H3/t17-/m0/s1. The largest absolute Gasteiger partial charge is 0.352 e. The lowest BCUT2D eigenvalue weighted by Crippen LogP contribution is -2.49. The van der Waals surface area contributed by atoms with Gasteiger partial charge in [-0.05, 0) is 60.4 Å². The summed E-state index contributed by atoms with van der Waals surface area (Å²) in [7, 11) is 0. The number of carbonyl (C=O) groups excluding carboxylic acids is 1. The van der Waals surface area contributed by atoms with Gasteiger partial charge in [0.2, 0.25) is 0 Å². The number of benzene rings is 1. The van der Waals surface area contributed by atoms with Crippen molar-refractivity contribution < 1.29 is 9.18 Å². The second-order valence-electron chi connectivity index (χ2n) is 9.97. The second-order valence-corrected chi connectivity index (χ2v) is 11.1. The van der Waals surface area contributed by atoms with Crippen molar-refractivity contribution in [2.45, 2.75) is 40.0 Å². The number of anilines is 1. The van der Waals surface area contributed by atoms with Gasteiger partial charge >= 0.3 is 0 Å². The van der Waals surface area contributed by atoms with Gasteiger partial charge in [-0.1, -0.05) is 20.8 Å². The minimum Gasteiger partial charge on any atom is -0.352 e. The van der Waals surface area contributed by atoms with Crippen molar-refractivity contribution in [2.75, 3.05) is 31.1 Å². The van der Waals surface area contributed by atoms with Crippen LogP contribution in [0.3, 0.4) is 0 Å². The Kier molecular flexibility index (Phi) is 5.40. The van der Waals surface area contributed by atoms with Crippen molar-refractivity contribution in [1.29, 1.82) is 0 Å². The Bertz CT molecular complexity index is 1140. The van der Waals surface area contributed by atoms with Crippen LogP contribution in [0.1, 0.15) is 48.0 Å². The van der Waals surface area contributed by atoms with Crippen molar-refractivity contribution in [3.05, 3.63) is 52.4 Å². The molecule has 1 saturated heterocycles. The number of aryl methyl sites for hydroxylation is 1. The van der Waals surface area contributed by atoms with Gasteiger partial charge in [0.05, 0.1) is 5.39 Å². The van der Waals surface area contributed by atoms with E-state index < -0.39 is 0 Å². The van der Waals surface area contributed by atoms with Crippen LogP contribution in [-0.4, -0.2) is 47.0 Å². The van der Waals surface area contributed by atoms with Crippen LogP contribution >= 0.6 is 11.3 Å². The Morgan fingerprint density at radius 2 is 1.81 bits per heavy atom. The van der Waals surface area contributed by atoms with Gasteiger partial charge in [0, 0.05) is 36.6 Å². The molecule has 1 amide bonds. The minimum absolute atomic E-state index is 0.0429. The summed E-state index contributed by atoms with van der Waals surface area (Å²) in [5, 5.41) is 1.22. The van der Waals surface area contributed by atoms with Crippen LogP contribution in [0.25, 0.3) is 10.2 Å². The molecule has 1 aliphatic heterocycles. The van der Waals surface area contributed by atoms with Gasteiger partial charge in [-0.25, -0.2) is 14.4 Å². The molecule has 1 aliphatic carbocycles. The maximum Gasteiger partial charge on any atom is 0.253 e. The van der Waals surface area contributed by atoms with Crippen molar-refractivity contribution in [3.8, 4) is 0 Å². The Hall–Kier alpha value is -2.54. The number of hydrogen-bond donors (Lipinski definition) is 0. The quantitative estimate of drug-likeness (QED) is 0.552. The first-order valence-corrected chi connectivity index (χ1v) is 12.2. The van der Waals surface area contributed by atoms with Gasteiger partial charge in [-0.15, -0.1) is 11.3 Å². The second kappa shape index (κ2) is 8.10. The summed E-state index contributed by atoms with van der Waals surface area (Å²) in [6.45, 7) is 9.73. The Morgan fingerprint density at radius 1 is 1.09 bits per heavy atom. The van der Waals surface area contributed by atoms with Gasteiger partial charge in [-0.2, -0.15) is 0 Å². The summed E-state index contributed by atoms with van der Waals surface area (Å²) in [6, 6.07) is 5.79. The molecular formula is C25H29FN4OS. The third-order valence-electron chi connectivity index (χ3n) is 7.01. The van der Waals surface area contributed by atoms with Crippen molar-refractivity contribution >= 4 is 33.3 Å². The molecule has 168 valence electrons. The molecule has 3 aromatic rings. The number of hydrogen-bond acceptors (Lipinski definition) is 5. The minimum atomic E-state index is -0.327. The highest BCUT2D eigenvalue weighted by Crippen LogP contribution is 2.44. The molecule has 1 aromatic carbocycles. The SMILES string of the molecule is CC(C)(C)[C@H]1CCc2c(sc3ncnc(N4CCN(C(=O)c5ccc(F)cc5)CC4)c23)C1. The smallest absolute Gasteiger partial charge is 0.253 e. The zero-order chi connectivity index (χ0) is 22.5. The number of piperazine rings is 1. The number of amides is 1. The molecular weight excluding hydrogens is 423 g/mol. The summed E-state index contributed by atoms with van der Waals surface area (Å²) in [6.07, 6.45) is 5.09. The molecule has 32 heavy (non-hydrogen) atoms. The molecule has 5 rings (SSSR count). The molecule has 1 fully saturated rings. The molecule has 3 heterocycles. The third-order valence-corrected chi connectivity index (χ3v) is 8.17. The van der Waals surface area contributed by atoms with E-state index in [0.29, 0.717) is 30.0 Å². The van der Waals surface area contributed by atoms with Crippen molar-refractivity contribution in [1.82, 2.24) is 14.9 Å². The van der Waals surface area contributed by atoms with Crippen LogP contribution in [0, 0.1) is 17.2 Å². The fourth-order valence-electron chi connectivity index (χ4n) is 4.97. The van der Waals surface area contributed by atoms with Gasteiger partial charge in [0.15, 0.2) is 0 Å². The highest BCUT2D eigenvalue weighted by Gasteiger charge is 2.33.